The first kappa shape index (κ1) is 28.4. The quantitative estimate of drug-likeness (QED) is 0.314. The van der Waals surface area contributed by atoms with Crippen molar-refractivity contribution in [2.75, 3.05) is 56.0 Å². The summed E-state index contributed by atoms with van der Waals surface area (Å²) < 4.78 is 31.9. The van der Waals surface area contributed by atoms with Gasteiger partial charge in [-0.2, -0.15) is 0 Å². The fraction of sp³-hybridized carbons (Fsp3) is 0.484. The zero-order valence-corrected chi connectivity index (χ0v) is 24.8. The van der Waals surface area contributed by atoms with Crippen LogP contribution >= 0.6 is 0 Å². The van der Waals surface area contributed by atoms with E-state index in [1.807, 2.05) is 43.7 Å². The average molecular weight is 576 g/mol. The van der Waals surface area contributed by atoms with Gasteiger partial charge in [0.05, 0.1) is 23.6 Å². The molecule has 2 aliphatic rings. The molecule has 5 heterocycles. The summed E-state index contributed by atoms with van der Waals surface area (Å²) in [5.41, 5.74) is 2.27. The van der Waals surface area contributed by atoms with Crippen molar-refractivity contribution in [3.8, 4) is 11.3 Å². The number of halogens is 2. The second kappa shape index (κ2) is 11.9. The molecule has 4 aromatic rings. The maximum Gasteiger partial charge on any atom is 0.229 e. The maximum absolute atomic E-state index is 15.0. The summed E-state index contributed by atoms with van der Waals surface area (Å²) >= 11 is 0. The lowest BCUT2D eigenvalue weighted by molar-refractivity contribution is 0.106. The van der Waals surface area contributed by atoms with E-state index in [-0.39, 0.29) is 23.2 Å². The van der Waals surface area contributed by atoms with Crippen LogP contribution in [0.3, 0.4) is 0 Å². The zero-order chi connectivity index (χ0) is 29.4. The number of hydrogen-bond acceptors (Lipinski definition) is 8. The van der Waals surface area contributed by atoms with Crippen LogP contribution in [0.2, 0.25) is 0 Å². The molecule has 0 atom stereocenters. The van der Waals surface area contributed by atoms with Gasteiger partial charge in [-0.1, -0.05) is 6.92 Å². The van der Waals surface area contributed by atoms with Crippen LogP contribution in [-0.2, 0) is 0 Å². The van der Waals surface area contributed by atoms with Crippen LogP contribution in [0.5, 0.6) is 0 Å². The van der Waals surface area contributed by atoms with Crippen LogP contribution in [0.25, 0.3) is 22.3 Å². The highest BCUT2D eigenvalue weighted by molar-refractivity contribution is 5.83. The van der Waals surface area contributed by atoms with Gasteiger partial charge in [-0.3, -0.25) is 4.90 Å². The van der Waals surface area contributed by atoms with Gasteiger partial charge in [0.25, 0.3) is 0 Å². The number of piperazine rings is 1. The summed E-state index contributed by atoms with van der Waals surface area (Å²) in [7, 11) is 0. The van der Waals surface area contributed by atoms with E-state index in [2.05, 4.69) is 46.9 Å². The van der Waals surface area contributed by atoms with Crippen LogP contribution < -0.4 is 10.2 Å². The smallest absolute Gasteiger partial charge is 0.229 e. The molecule has 0 bridgehead atoms. The Labute approximate surface area is 245 Å². The molecule has 2 aliphatic heterocycles. The number of likely N-dealkylation sites (tertiary alicyclic amines) is 1. The first-order valence-corrected chi connectivity index (χ1v) is 15.0. The predicted molar refractivity (Wildman–Crippen MR) is 162 cm³/mol. The number of nitrogens with one attached hydrogen (secondary N) is 1. The molecule has 11 heteroatoms. The normalized spacial score (nSPS) is 17.5. The van der Waals surface area contributed by atoms with E-state index in [0.29, 0.717) is 28.8 Å². The largest absolute Gasteiger partial charge is 0.368 e. The van der Waals surface area contributed by atoms with Gasteiger partial charge in [0.2, 0.25) is 5.95 Å². The highest BCUT2D eigenvalue weighted by Gasteiger charge is 2.27. The molecule has 0 unspecified atom stereocenters. The van der Waals surface area contributed by atoms with Crippen LogP contribution in [0.4, 0.5) is 26.2 Å². The number of pyridine rings is 1. The Morgan fingerprint density at radius 2 is 1.69 bits per heavy atom. The standard InChI is InChI=1S/C31H39F2N9/c1-5-39-10-8-23(9-11-39)40-12-14-41(15-13-40)24-6-7-28(34-18-24)37-31-35-19-26(33)29(38-31)22-16-25(32)30-27(17-22)42(20(2)3)21(4)36-30/h6-7,16-20,23H,5,8-15H2,1-4H3,(H,34,35,37,38). The Kier molecular flexibility index (Phi) is 8.04. The molecule has 0 amide bonds. The minimum atomic E-state index is -0.634. The van der Waals surface area contributed by atoms with Gasteiger partial charge < -0.3 is 19.7 Å². The molecule has 9 nitrogen and oxygen atoms in total. The van der Waals surface area contributed by atoms with Gasteiger partial charge in [0, 0.05) is 43.8 Å². The molecular formula is C31H39F2N9. The molecule has 2 fully saturated rings. The van der Waals surface area contributed by atoms with E-state index in [9.17, 15) is 4.39 Å². The predicted octanol–water partition coefficient (Wildman–Crippen LogP) is 5.41. The summed E-state index contributed by atoms with van der Waals surface area (Å²) in [6, 6.07) is 7.68. The minimum absolute atomic E-state index is 0.0114. The first-order valence-electron chi connectivity index (χ1n) is 15.0. The lowest BCUT2D eigenvalue weighted by Gasteiger charge is -2.43. The third-order valence-corrected chi connectivity index (χ3v) is 8.65. The van der Waals surface area contributed by atoms with Crippen LogP contribution in [0.1, 0.15) is 45.5 Å². The van der Waals surface area contributed by atoms with Gasteiger partial charge in [0.15, 0.2) is 11.6 Å². The lowest BCUT2D eigenvalue weighted by Crippen LogP contribution is -2.53. The SMILES string of the molecule is CCN1CCC(N2CCN(c3ccc(Nc4ncc(F)c(-c5cc(F)c6nc(C)n(C(C)C)c6c5)n4)nc3)CC2)CC1. The summed E-state index contributed by atoms with van der Waals surface area (Å²) in [5.74, 6) is 0.282. The van der Waals surface area contributed by atoms with E-state index < -0.39 is 11.6 Å². The Balaban J connectivity index is 1.13. The Hall–Kier alpha value is -3.70. The van der Waals surface area contributed by atoms with Crippen molar-refractivity contribution in [2.45, 2.75) is 52.6 Å². The van der Waals surface area contributed by atoms with Crippen molar-refractivity contribution in [3.63, 3.8) is 0 Å². The molecule has 6 rings (SSSR count). The number of fused-ring (bicyclic) bond motifs is 1. The third kappa shape index (κ3) is 5.67. The molecule has 0 radical (unpaired) electrons. The molecule has 1 aromatic carbocycles. The number of nitrogens with zero attached hydrogens (tertiary/aromatic N) is 8. The van der Waals surface area contributed by atoms with E-state index in [4.69, 9.17) is 0 Å². The van der Waals surface area contributed by atoms with Gasteiger partial charge in [-0.15, -0.1) is 0 Å². The fourth-order valence-corrected chi connectivity index (χ4v) is 6.39. The van der Waals surface area contributed by atoms with Gasteiger partial charge in [0.1, 0.15) is 22.9 Å². The highest BCUT2D eigenvalue weighted by atomic mass is 19.1. The van der Waals surface area contributed by atoms with E-state index >= 15 is 4.39 Å². The van der Waals surface area contributed by atoms with Crippen LogP contribution in [-0.4, -0.2) is 86.2 Å². The number of benzene rings is 1. The number of rotatable bonds is 7. The minimum Gasteiger partial charge on any atom is -0.368 e. The Morgan fingerprint density at radius 3 is 2.36 bits per heavy atom. The second-order valence-electron chi connectivity index (χ2n) is 11.6. The maximum atomic E-state index is 15.0. The molecule has 0 spiro atoms. The number of aromatic nitrogens is 5. The van der Waals surface area contributed by atoms with Crippen molar-refractivity contribution in [3.05, 3.63) is 54.1 Å². The van der Waals surface area contributed by atoms with Crippen molar-refractivity contribution in [1.82, 2.24) is 34.3 Å². The lowest BCUT2D eigenvalue weighted by atomic mass is 10.0. The second-order valence-corrected chi connectivity index (χ2v) is 11.6. The monoisotopic (exact) mass is 575 g/mol. The van der Waals surface area contributed by atoms with E-state index in [0.717, 1.165) is 44.6 Å². The molecule has 3 aromatic heterocycles. The molecule has 42 heavy (non-hydrogen) atoms. The third-order valence-electron chi connectivity index (χ3n) is 8.65. The Bertz CT molecular complexity index is 1540. The number of anilines is 3. The van der Waals surface area contributed by atoms with Gasteiger partial charge >= 0.3 is 0 Å². The summed E-state index contributed by atoms with van der Waals surface area (Å²) in [6.07, 6.45) is 5.46. The molecule has 1 N–H and O–H groups in total. The highest BCUT2D eigenvalue weighted by Crippen LogP contribution is 2.30. The van der Waals surface area contributed by atoms with Crippen molar-refractivity contribution in [2.24, 2.45) is 0 Å². The number of imidazole rings is 1. The molecule has 222 valence electrons. The average Bonchev–Trinajstić information content (AvgIpc) is 3.35. The molecule has 0 aliphatic carbocycles. The Morgan fingerprint density at radius 1 is 0.929 bits per heavy atom. The number of aryl methyl sites for hydroxylation is 1. The fourth-order valence-electron chi connectivity index (χ4n) is 6.39. The topological polar surface area (TPSA) is 78.2 Å². The molecular weight excluding hydrogens is 536 g/mol. The molecule has 2 saturated heterocycles. The van der Waals surface area contributed by atoms with Crippen molar-refractivity contribution in [1.29, 1.82) is 0 Å². The van der Waals surface area contributed by atoms with Crippen molar-refractivity contribution >= 4 is 28.5 Å². The summed E-state index contributed by atoms with van der Waals surface area (Å²) in [6.45, 7) is 15.7. The number of hydrogen-bond donors (Lipinski definition) is 1. The summed E-state index contributed by atoms with van der Waals surface area (Å²) in [5, 5.41) is 3.07. The van der Waals surface area contributed by atoms with E-state index in [1.54, 1.807) is 6.07 Å². The van der Waals surface area contributed by atoms with Crippen molar-refractivity contribution < 1.29 is 8.78 Å². The number of piperidine rings is 1. The molecule has 0 saturated carbocycles. The zero-order valence-electron chi connectivity index (χ0n) is 24.8. The van der Waals surface area contributed by atoms with Gasteiger partial charge in [-0.05, 0) is 77.5 Å². The van der Waals surface area contributed by atoms with Gasteiger partial charge in [-0.25, -0.2) is 28.7 Å². The summed E-state index contributed by atoms with van der Waals surface area (Å²) in [4.78, 5) is 25.0. The first-order chi connectivity index (χ1) is 20.3. The van der Waals surface area contributed by atoms with Crippen LogP contribution in [0.15, 0.2) is 36.7 Å². The van der Waals surface area contributed by atoms with E-state index in [1.165, 1.54) is 32.0 Å². The van der Waals surface area contributed by atoms with Crippen LogP contribution in [0, 0.1) is 18.6 Å².